The third kappa shape index (κ3) is 2.27. The zero-order chi connectivity index (χ0) is 15.0. The van der Waals surface area contributed by atoms with Gasteiger partial charge in [0.1, 0.15) is 5.82 Å². The monoisotopic (exact) mass is 306 g/mol. The Bertz CT molecular complexity index is 808. The smallest absolute Gasteiger partial charge is 0.182 e. The number of thiophene rings is 1. The summed E-state index contributed by atoms with van der Waals surface area (Å²) in [6.07, 6.45) is 1.45. The first-order chi connectivity index (χ1) is 10.2. The number of halogens is 2. The van der Waals surface area contributed by atoms with Crippen molar-refractivity contribution in [2.75, 3.05) is 6.61 Å². The number of rotatable bonds is 4. The number of fused-ring (bicyclic) bond motifs is 3. The number of hydrogen-bond acceptors (Lipinski definition) is 2. The highest BCUT2D eigenvalue weighted by molar-refractivity contribution is 7.25. The van der Waals surface area contributed by atoms with Crippen molar-refractivity contribution >= 4 is 31.5 Å². The fourth-order valence-electron chi connectivity index (χ4n) is 2.46. The van der Waals surface area contributed by atoms with E-state index in [4.69, 9.17) is 4.74 Å². The van der Waals surface area contributed by atoms with Crippen molar-refractivity contribution < 1.29 is 13.5 Å². The number of benzene rings is 2. The molecule has 0 aliphatic heterocycles. The van der Waals surface area contributed by atoms with Crippen molar-refractivity contribution in [2.24, 2.45) is 0 Å². The van der Waals surface area contributed by atoms with Gasteiger partial charge in [0.2, 0.25) is 0 Å². The molecular weight excluding hydrogens is 290 g/mol. The van der Waals surface area contributed by atoms with Crippen LogP contribution in [0, 0.1) is 11.6 Å². The van der Waals surface area contributed by atoms with E-state index in [0.717, 1.165) is 28.5 Å². The maximum Gasteiger partial charge on any atom is 0.182 e. The van der Waals surface area contributed by atoms with Crippen LogP contribution in [-0.2, 0) is 6.42 Å². The SMILES string of the molecule is CCCOc1ccc2c(sc3c(F)c(CC)ccc32)c1F. The normalized spacial score (nSPS) is 11.4. The van der Waals surface area contributed by atoms with Gasteiger partial charge >= 0.3 is 0 Å². The molecule has 0 bridgehead atoms. The van der Waals surface area contributed by atoms with Gasteiger partial charge in [0, 0.05) is 10.8 Å². The van der Waals surface area contributed by atoms with Crippen LogP contribution in [0.2, 0.25) is 0 Å². The predicted octanol–water partition coefficient (Wildman–Crippen LogP) is 5.68. The van der Waals surface area contributed by atoms with Crippen LogP contribution in [0.1, 0.15) is 25.8 Å². The van der Waals surface area contributed by atoms with Gasteiger partial charge in [-0.2, -0.15) is 0 Å². The molecule has 1 nitrogen and oxygen atoms in total. The molecule has 110 valence electrons. The van der Waals surface area contributed by atoms with Gasteiger partial charge in [-0.1, -0.05) is 26.0 Å². The van der Waals surface area contributed by atoms with E-state index in [0.29, 0.717) is 28.0 Å². The van der Waals surface area contributed by atoms with E-state index >= 15 is 0 Å². The van der Waals surface area contributed by atoms with E-state index in [2.05, 4.69) is 0 Å². The van der Waals surface area contributed by atoms with Crippen LogP contribution >= 0.6 is 11.3 Å². The lowest BCUT2D eigenvalue weighted by Crippen LogP contribution is -1.97. The Balaban J connectivity index is 2.25. The molecule has 3 rings (SSSR count). The summed E-state index contributed by atoms with van der Waals surface area (Å²) in [4.78, 5) is 0. The summed E-state index contributed by atoms with van der Waals surface area (Å²) in [5.74, 6) is -0.377. The number of ether oxygens (including phenoxy) is 1. The van der Waals surface area contributed by atoms with Gasteiger partial charge in [0.05, 0.1) is 16.0 Å². The zero-order valence-electron chi connectivity index (χ0n) is 12.0. The van der Waals surface area contributed by atoms with Crippen LogP contribution in [0.3, 0.4) is 0 Å². The Hall–Kier alpha value is -1.68. The lowest BCUT2D eigenvalue weighted by Gasteiger charge is -2.05. The second kappa shape index (κ2) is 5.60. The Morgan fingerprint density at radius 2 is 1.62 bits per heavy atom. The third-order valence-electron chi connectivity index (χ3n) is 3.58. The molecule has 0 aliphatic rings. The summed E-state index contributed by atoms with van der Waals surface area (Å²) in [7, 11) is 0. The average molecular weight is 306 g/mol. The molecule has 0 atom stereocenters. The molecule has 0 N–H and O–H groups in total. The molecule has 0 amide bonds. The molecule has 21 heavy (non-hydrogen) atoms. The Labute approximate surface area is 126 Å². The summed E-state index contributed by atoms with van der Waals surface area (Å²) >= 11 is 1.16. The van der Waals surface area contributed by atoms with Crippen LogP contribution in [-0.4, -0.2) is 6.61 Å². The van der Waals surface area contributed by atoms with Crippen molar-refractivity contribution in [3.8, 4) is 5.75 Å². The highest BCUT2D eigenvalue weighted by atomic mass is 32.1. The molecule has 0 saturated heterocycles. The van der Waals surface area contributed by atoms with Gasteiger partial charge in [0.25, 0.3) is 0 Å². The van der Waals surface area contributed by atoms with Crippen LogP contribution in [0.15, 0.2) is 24.3 Å². The van der Waals surface area contributed by atoms with E-state index in [9.17, 15) is 8.78 Å². The molecule has 4 heteroatoms. The van der Waals surface area contributed by atoms with E-state index in [1.165, 1.54) is 0 Å². The van der Waals surface area contributed by atoms with Crippen LogP contribution in [0.25, 0.3) is 20.2 Å². The van der Waals surface area contributed by atoms with Gasteiger partial charge in [-0.05, 0) is 30.5 Å². The Kier molecular flexibility index (Phi) is 3.81. The molecule has 0 fully saturated rings. The first-order valence-corrected chi connectivity index (χ1v) is 7.93. The summed E-state index contributed by atoms with van der Waals surface area (Å²) in [6, 6.07) is 7.10. The first-order valence-electron chi connectivity index (χ1n) is 7.12. The summed E-state index contributed by atoms with van der Waals surface area (Å²) < 4.78 is 35.3. The topological polar surface area (TPSA) is 9.23 Å². The zero-order valence-corrected chi connectivity index (χ0v) is 12.8. The van der Waals surface area contributed by atoms with Crippen molar-refractivity contribution in [1.29, 1.82) is 0 Å². The minimum atomic E-state index is -0.389. The largest absolute Gasteiger partial charge is 0.490 e. The van der Waals surface area contributed by atoms with Crippen LogP contribution in [0.5, 0.6) is 5.75 Å². The molecule has 1 aromatic heterocycles. The molecule has 3 aromatic rings. The lowest BCUT2D eigenvalue weighted by molar-refractivity contribution is 0.303. The molecule has 0 radical (unpaired) electrons. The maximum atomic E-state index is 14.5. The fourth-order valence-corrected chi connectivity index (χ4v) is 3.65. The summed E-state index contributed by atoms with van der Waals surface area (Å²) in [5.41, 5.74) is 0.664. The van der Waals surface area contributed by atoms with Gasteiger partial charge in [-0.3, -0.25) is 0 Å². The van der Waals surface area contributed by atoms with Gasteiger partial charge in [-0.15, -0.1) is 11.3 Å². The number of aryl methyl sites for hydroxylation is 1. The lowest BCUT2D eigenvalue weighted by atomic mass is 10.1. The van der Waals surface area contributed by atoms with Crippen LogP contribution < -0.4 is 4.74 Å². The minimum Gasteiger partial charge on any atom is -0.490 e. The van der Waals surface area contributed by atoms with Gasteiger partial charge in [0.15, 0.2) is 11.6 Å². The molecule has 0 aliphatic carbocycles. The van der Waals surface area contributed by atoms with Gasteiger partial charge in [-0.25, -0.2) is 8.78 Å². The summed E-state index contributed by atoms with van der Waals surface area (Å²) in [5, 5.41) is 1.52. The average Bonchev–Trinajstić information content (AvgIpc) is 2.88. The third-order valence-corrected chi connectivity index (χ3v) is 4.78. The molecule has 0 spiro atoms. The predicted molar refractivity (Wildman–Crippen MR) is 84.4 cm³/mol. The molecule has 0 saturated carbocycles. The fraction of sp³-hybridized carbons (Fsp3) is 0.294. The second-order valence-corrected chi connectivity index (χ2v) is 5.99. The highest BCUT2D eigenvalue weighted by Gasteiger charge is 2.17. The van der Waals surface area contributed by atoms with Crippen molar-refractivity contribution in [3.63, 3.8) is 0 Å². The van der Waals surface area contributed by atoms with E-state index in [1.807, 2.05) is 26.0 Å². The quantitative estimate of drug-likeness (QED) is 0.602. The first kappa shape index (κ1) is 14.3. The molecular formula is C17H16F2OS. The minimum absolute atomic E-state index is 0.230. The standard InChI is InChI=1S/C17H16F2OS/c1-3-9-20-13-8-7-12-11-6-5-10(4-2)14(18)16(11)21-17(12)15(13)19/h5-8H,3-4,9H2,1-2H3. The second-order valence-electron chi connectivity index (χ2n) is 4.97. The Morgan fingerprint density at radius 1 is 0.952 bits per heavy atom. The molecule has 2 aromatic carbocycles. The highest BCUT2D eigenvalue weighted by Crippen LogP contribution is 2.40. The van der Waals surface area contributed by atoms with Gasteiger partial charge < -0.3 is 4.74 Å². The van der Waals surface area contributed by atoms with Crippen molar-refractivity contribution in [2.45, 2.75) is 26.7 Å². The maximum absolute atomic E-state index is 14.5. The Morgan fingerprint density at radius 3 is 2.29 bits per heavy atom. The van der Waals surface area contributed by atoms with E-state index in [-0.39, 0.29) is 17.4 Å². The van der Waals surface area contributed by atoms with Crippen molar-refractivity contribution in [3.05, 3.63) is 41.5 Å². The van der Waals surface area contributed by atoms with E-state index < -0.39 is 0 Å². The number of hydrogen-bond donors (Lipinski definition) is 0. The van der Waals surface area contributed by atoms with E-state index in [1.54, 1.807) is 12.1 Å². The molecule has 0 unspecified atom stereocenters. The van der Waals surface area contributed by atoms with Crippen molar-refractivity contribution in [1.82, 2.24) is 0 Å². The van der Waals surface area contributed by atoms with Crippen LogP contribution in [0.4, 0.5) is 8.78 Å². The molecule has 1 heterocycles. The summed E-state index contributed by atoms with van der Waals surface area (Å²) in [6.45, 7) is 4.36.